The highest BCUT2D eigenvalue weighted by Gasteiger charge is 2.25. The first kappa shape index (κ1) is 11.2. The van der Waals surface area contributed by atoms with Gasteiger partial charge in [0.25, 0.3) is 0 Å². The third-order valence-corrected chi connectivity index (χ3v) is 2.61. The van der Waals surface area contributed by atoms with Crippen LogP contribution in [0.15, 0.2) is 0 Å². The van der Waals surface area contributed by atoms with Crippen molar-refractivity contribution in [3.05, 3.63) is 0 Å². The summed E-state index contributed by atoms with van der Waals surface area (Å²) in [5, 5.41) is 0. The Morgan fingerprint density at radius 3 is 2.79 bits per heavy atom. The number of carbonyl (C=O) groups excluding carboxylic acids is 2. The summed E-state index contributed by atoms with van der Waals surface area (Å²) < 4.78 is 0. The number of aldehydes is 1. The average Bonchev–Trinajstić information content (AvgIpc) is 2.16. The molecule has 1 rings (SSSR count). The Morgan fingerprint density at radius 1 is 1.50 bits per heavy atom. The van der Waals surface area contributed by atoms with E-state index in [1.54, 1.807) is 4.90 Å². The van der Waals surface area contributed by atoms with Gasteiger partial charge in [0.2, 0.25) is 5.91 Å². The molecule has 1 saturated heterocycles. The first-order valence-corrected chi connectivity index (χ1v) is 5.40. The summed E-state index contributed by atoms with van der Waals surface area (Å²) in [6.45, 7) is 4.81. The van der Waals surface area contributed by atoms with Crippen LogP contribution in [0.5, 0.6) is 0 Å². The van der Waals surface area contributed by atoms with Gasteiger partial charge in [-0.3, -0.25) is 4.79 Å². The zero-order valence-electron chi connectivity index (χ0n) is 9.03. The van der Waals surface area contributed by atoms with Crippen LogP contribution in [-0.4, -0.2) is 29.7 Å². The van der Waals surface area contributed by atoms with Gasteiger partial charge in [-0.2, -0.15) is 0 Å². The molecular formula is C11H19NO2. The van der Waals surface area contributed by atoms with Crippen molar-refractivity contribution in [1.82, 2.24) is 4.90 Å². The second-order valence-electron chi connectivity index (χ2n) is 4.38. The fourth-order valence-corrected chi connectivity index (χ4v) is 1.87. The lowest BCUT2D eigenvalue weighted by molar-refractivity contribution is -0.138. The van der Waals surface area contributed by atoms with Crippen LogP contribution in [-0.2, 0) is 9.59 Å². The van der Waals surface area contributed by atoms with Crippen molar-refractivity contribution < 1.29 is 9.59 Å². The molecule has 0 saturated carbocycles. The summed E-state index contributed by atoms with van der Waals surface area (Å²) >= 11 is 0. The molecule has 3 nitrogen and oxygen atoms in total. The molecule has 0 aliphatic carbocycles. The van der Waals surface area contributed by atoms with Gasteiger partial charge >= 0.3 is 0 Å². The van der Waals surface area contributed by atoms with Gasteiger partial charge in [-0.1, -0.05) is 13.8 Å². The van der Waals surface area contributed by atoms with Gasteiger partial charge in [-0.25, -0.2) is 0 Å². The average molecular weight is 197 g/mol. The number of nitrogens with zero attached hydrogens (tertiary/aromatic N) is 1. The van der Waals surface area contributed by atoms with E-state index < -0.39 is 0 Å². The van der Waals surface area contributed by atoms with Crippen LogP contribution in [0.25, 0.3) is 0 Å². The lowest BCUT2D eigenvalue weighted by Crippen LogP contribution is -2.44. The highest BCUT2D eigenvalue weighted by Crippen LogP contribution is 2.17. The Morgan fingerprint density at radius 2 is 2.21 bits per heavy atom. The van der Waals surface area contributed by atoms with Crippen molar-refractivity contribution in [2.24, 2.45) is 5.92 Å². The maximum Gasteiger partial charge on any atom is 0.223 e. The largest absolute Gasteiger partial charge is 0.333 e. The molecule has 3 heteroatoms. The van der Waals surface area contributed by atoms with Crippen LogP contribution in [0.1, 0.15) is 39.5 Å². The van der Waals surface area contributed by atoms with Crippen molar-refractivity contribution in [2.75, 3.05) is 6.54 Å². The molecule has 0 N–H and O–H groups in total. The third-order valence-electron chi connectivity index (χ3n) is 2.61. The summed E-state index contributed by atoms with van der Waals surface area (Å²) in [5.74, 6) is 0.508. The topological polar surface area (TPSA) is 37.4 Å². The van der Waals surface area contributed by atoms with Gasteiger partial charge in [0.15, 0.2) is 0 Å². The maximum absolute atomic E-state index is 11.7. The van der Waals surface area contributed by atoms with E-state index in [9.17, 15) is 9.59 Å². The van der Waals surface area contributed by atoms with Gasteiger partial charge < -0.3 is 9.69 Å². The zero-order valence-corrected chi connectivity index (χ0v) is 9.03. The molecule has 1 fully saturated rings. The number of hydrogen-bond donors (Lipinski definition) is 0. The predicted molar refractivity (Wildman–Crippen MR) is 54.9 cm³/mol. The molecule has 0 aromatic heterocycles. The molecule has 1 atom stereocenters. The number of likely N-dealkylation sites (tertiary alicyclic amines) is 1. The van der Waals surface area contributed by atoms with Crippen molar-refractivity contribution in [3.8, 4) is 0 Å². The van der Waals surface area contributed by atoms with Gasteiger partial charge in [0, 0.05) is 13.0 Å². The van der Waals surface area contributed by atoms with Crippen LogP contribution in [0.3, 0.4) is 0 Å². The molecule has 1 amide bonds. The number of piperidine rings is 1. The van der Waals surface area contributed by atoms with E-state index in [-0.39, 0.29) is 11.9 Å². The fourth-order valence-electron chi connectivity index (χ4n) is 1.87. The monoisotopic (exact) mass is 197 g/mol. The minimum absolute atomic E-state index is 0.136. The Balaban J connectivity index is 2.54. The Bertz CT molecular complexity index is 213. The second-order valence-corrected chi connectivity index (χ2v) is 4.38. The quantitative estimate of drug-likeness (QED) is 0.645. The number of carbonyl (C=O) groups is 2. The second kappa shape index (κ2) is 5.13. The van der Waals surface area contributed by atoms with E-state index in [1.165, 1.54) is 0 Å². The van der Waals surface area contributed by atoms with Crippen LogP contribution in [0.2, 0.25) is 0 Å². The molecule has 0 spiro atoms. The van der Waals surface area contributed by atoms with E-state index >= 15 is 0 Å². The van der Waals surface area contributed by atoms with Crippen molar-refractivity contribution in [1.29, 1.82) is 0 Å². The minimum atomic E-state index is -0.157. The highest BCUT2D eigenvalue weighted by atomic mass is 16.2. The Kier molecular flexibility index (Phi) is 4.11. The first-order valence-electron chi connectivity index (χ1n) is 5.40. The van der Waals surface area contributed by atoms with Crippen LogP contribution >= 0.6 is 0 Å². The standard InChI is InChI=1S/C11H19NO2/c1-9(2)7-11(14)12-6-4-3-5-10(12)8-13/h8-10H,3-7H2,1-2H3. The van der Waals surface area contributed by atoms with E-state index in [0.717, 1.165) is 32.1 Å². The molecule has 1 aliphatic rings. The van der Waals surface area contributed by atoms with Gasteiger partial charge in [-0.15, -0.1) is 0 Å². The van der Waals surface area contributed by atoms with Crippen molar-refractivity contribution in [3.63, 3.8) is 0 Å². The van der Waals surface area contributed by atoms with E-state index in [2.05, 4.69) is 0 Å². The molecule has 0 radical (unpaired) electrons. The molecule has 80 valence electrons. The fraction of sp³-hybridized carbons (Fsp3) is 0.818. The van der Waals surface area contributed by atoms with Gasteiger partial charge in [-0.05, 0) is 25.2 Å². The zero-order chi connectivity index (χ0) is 10.6. The normalized spacial score (nSPS) is 22.5. The van der Waals surface area contributed by atoms with E-state index in [4.69, 9.17) is 0 Å². The lowest BCUT2D eigenvalue weighted by Gasteiger charge is -2.32. The third kappa shape index (κ3) is 2.82. The summed E-state index contributed by atoms with van der Waals surface area (Å²) in [6, 6.07) is -0.157. The van der Waals surface area contributed by atoms with Crippen molar-refractivity contribution >= 4 is 12.2 Å². The minimum Gasteiger partial charge on any atom is -0.333 e. The molecule has 1 unspecified atom stereocenters. The SMILES string of the molecule is CC(C)CC(=O)N1CCCCC1C=O. The molecule has 14 heavy (non-hydrogen) atoms. The molecular weight excluding hydrogens is 178 g/mol. The molecule has 0 aromatic rings. The highest BCUT2D eigenvalue weighted by molar-refractivity contribution is 5.80. The number of hydrogen-bond acceptors (Lipinski definition) is 2. The summed E-state index contributed by atoms with van der Waals surface area (Å²) in [6.07, 6.45) is 4.41. The Hall–Kier alpha value is -0.860. The van der Waals surface area contributed by atoms with Gasteiger partial charge in [0.1, 0.15) is 6.29 Å². The van der Waals surface area contributed by atoms with Gasteiger partial charge in [0.05, 0.1) is 6.04 Å². The van der Waals surface area contributed by atoms with E-state index in [1.807, 2.05) is 13.8 Å². The molecule has 0 bridgehead atoms. The maximum atomic E-state index is 11.7. The summed E-state index contributed by atoms with van der Waals surface area (Å²) in [7, 11) is 0. The van der Waals surface area contributed by atoms with Crippen molar-refractivity contribution in [2.45, 2.75) is 45.6 Å². The Labute approximate surface area is 85.5 Å². The smallest absolute Gasteiger partial charge is 0.223 e. The summed E-state index contributed by atoms with van der Waals surface area (Å²) in [4.78, 5) is 24.3. The van der Waals surface area contributed by atoms with E-state index in [0.29, 0.717) is 12.3 Å². The van der Waals surface area contributed by atoms with Crippen LogP contribution < -0.4 is 0 Å². The molecule has 1 heterocycles. The molecule has 0 aromatic carbocycles. The summed E-state index contributed by atoms with van der Waals surface area (Å²) in [5.41, 5.74) is 0. The molecule has 1 aliphatic heterocycles. The van der Waals surface area contributed by atoms with Crippen LogP contribution in [0.4, 0.5) is 0 Å². The number of amides is 1. The van der Waals surface area contributed by atoms with Crippen LogP contribution in [0, 0.1) is 5.92 Å². The lowest BCUT2D eigenvalue weighted by atomic mass is 10.0. The predicted octanol–water partition coefficient (Wildman–Crippen LogP) is 1.61. The number of rotatable bonds is 3. The first-order chi connectivity index (χ1) is 6.65.